The first-order chi connectivity index (χ1) is 12.7. The van der Waals surface area contributed by atoms with Crippen molar-refractivity contribution in [2.24, 2.45) is 0 Å². The number of benzene rings is 1. The lowest BCUT2D eigenvalue weighted by atomic mass is 9.85. The Kier molecular flexibility index (Phi) is 5.18. The lowest BCUT2D eigenvalue weighted by Crippen LogP contribution is -2.31. The third-order valence-electron chi connectivity index (χ3n) is 4.76. The minimum Gasteiger partial charge on any atom is -0.328 e. The van der Waals surface area contributed by atoms with Crippen molar-refractivity contribution in [3.63, 3.8) is 0 Å². The van der Waals surface area contributed by atoms with E-state index in [1.165, 1.54) is 0 Å². The number of hydrogen-bond acceptors (Lipinski definition) is 5. The number of nitrogens with zero attached hydrogens (tertiary/aromatic N) is 3. The highest BCUT2D eigenvalue weighted by atomic mass is 79.9. The van der Waals surface area contributed by atoms with Crippen molar-refractivity contribution in [3.8, 4) is 0 Å². The molecule has 0 fully saturated rings. The van der Waals surface area contributed by atoms with Crippen molar-refractivity contribution in [2.75, 3.05) is 11.1 Å². The molecular weight excluding hydrogens is 412 g/mol. The van der Waals surface area contributed by atoms with Gasteiger partial charge in [-0.15, -0.1) is 5.10 Å². The van der Waals surface area contributed by atoms with Crippen LogP contribution in [0.15, 0.2) is 45.2 Å². The minimum absolute atomic E-state index is 0.199. The summed E-state index contributed by atoms with van der Waals surface area (Å²) < 4.78 is 2.91. The Morgan fingerprint density at radius 3 is 2.88 bits per heavy atom. The highest BCUT2D eigenvalue weighted by molar-refractivity contribution is 9.10. The normalized spacial score (nSPS) is 19.2. The molecule has 4 rings (SSSR count). The van der Waals surface area contributed by atoms with Gasteiger partial charge in [0.2, 0.25) is 11.1 Å². The number of rotatable bonds is 5. The second-order valence-electron chi connectivity index (χ2n) is 6.61. The van der Waals surface area contributed by atoms with Gasteiger partial charge in [-0.1, -0.05) is 53.2 Å². The Labute approximate surface area is 165 Å². The average molecular weight is 433 g/mol. The van der Waals surface area contributed by atoms with E-state index < -0.39 is 0 Å². The van der Waals surface area contributed by atoms with E-state index in [9.17, 15) is 4.79 Å². The van der Waals surface area contributed by atoms with Gasteiger partial charge in [-0.2, -0.15) is 4.98 Å². The molecule has 0 saturated carbocycles. The smallest absolute Gasteiger partial charge is 0.227 e. The number of anilines is 1. The van der Waals surface area contributed by atoms with E-state index in [-0.39, 0.29) is 11.8 Å². The average Bonchev–Trinajstić information content (AvgIpc) is 3.04. The largest absolute Gasteiger partial charge is 0.328 e. The number of nitrogens with one attached hydrogen (secondary N) is 1. The molecule has 0 unspecified atom stereocenters. The summed E-state index contributed by atoms with van der Waals surface area (Å²) in [6.45, 7) is 2.18. The first kappa shape index (κ1) is 17.8. The van der Waals surface area contributed by atoms with Crippen molar-refractivity contribution in [3.05, 3.63) is 45.6 Å². The molecule has 26 heavy (non-hydrogen) atoms. The van der Waals surface area contributed by atoms with Crippen LogP contribution in [0.5, 0.6) is 0 Å². The van der Waals surface area contributed by atoms with Gasteiger partial charge in [0.1, 0.15) is 6.04 Å². The topological polar surface area (TPSA) is 59.8 Å². The summed E-state index contributed by atoms with van der Waals surface area (Å²) in [6.07, 6.45) is 4.69. The molecule has 0 saturated heterocycles. The monoisotopic (exact) mass is 432 g/mol. The van der Waals surface area contributed by atoms with Gasteiger partial charge in [0.15, 0.2) is 5.78 Å². The van der Waals surface area contributed by atoms with Crippen molar-refractivity contribution >= 4 is 39.4 Å². The SMILES string of the molecule is CCCCSc1nc2n(n1)[C@@H](c1ccc(Br)cc1)C1=C(CCCC1=O)N2. The van der Waals surface area contributed by atoms with Gasteiger partial charge >= 0.3 is 0 Å². The highest BCUT2D eigenvalue weighted by Crippen LogP contribution is 2.40. The Balaban J connectivity index is 1.76. The van der Waals surface area contributed by atoms with E-state index in [4.69, 9.17) is 5.10 Å². The Morgan fingerprint density at radius 2 is 2.12 bits per heavy atom. The molecule has 0 spiro atoms. The van der Waals surface area contributed by atoms with Crippen LogP contribution in [0.1, 0.15) is 50.6 Å². The molecule has 0 radical (unpaired) electrons. The molecule has 136 valence electrons. The quantitative estimate of drug-likeness (QED) is 0.534. The molecule has 2 aliphatic rings. The summed E-state index contributed by atoms with van der Waals surface area (Å²) in [4.78, 5) is 17.4. The summed E-state index contributed by atoms with van der Waals surface area (Å²) >= 11 is 5.17. The second-order valence-corrected chi connectivity index (χ2v) is 8.59. The number of carbonyl (C=O) groups excluding carboxylic acids is 1. The van der Waals surface area contributed by atoms with E-state index in [1.54, 1.807) is 11.8 Å². The number of thioether (sulfide) groups is 1. The minimum atomic E-state index is -0.199. The van der Waals surface area contributed by atoms with E-state index >= 15 is 0 Å². The summed E-state index contributed by atoms with van der Waals surface area (Å²) in [5.41, 5.74) is 2.92. The molecule has 0 bridgehead atoms. The fourth-order valence-electron chi connectivity index (χ4n) is 3.46. The Morgan fingerprint density at radius 1 is 1.31 bits per heavy atom. The molecule has 1 N–H and O–H groups in total. The second kappa shape index (κ2) is 7.56. The number of carbonyl (C=O) groups is 1. The van der Waals surface area contributed by atoms with Gasteiger partial charge in [-0.05, 0) is 37.0 Å². The fourth-order valence-corrected chi connectivity index (χ4v) is 4.64. The third kappa shape index (κ3) is 3.34. The van der Waals surface area contributed by atoms with Crippen LogP contribution in [-0.2, 0) is 4.79 Å². The summed E-state index contributed by atoms with van der Waals surface area (Å²) in [7, 11) is 0. The summed E-state index contributed by atoms with van der Waals surface area (Å²) in [5, 5.41) is 8.89. The molecule has 1 atom stereocenters. The molecule has 1 aliphatic carbocycles. The highest BCUT2D eigenvalue weighted by Gasteiger charge is 2.36. The van der Waals surface area contributed by atoms with E-state index in [0.29, 0.717) is 6.42 Å². The number of aromatic nitrogens is 3. The lowest BCUT2D eigenvalue weighted by molar-refractivity contribution is -0.116. The molecular formula is C19H21BrN4OS. The third-order valence-corrected chi connectivity index (χ3v) is 6.22. The number of unbranched alkanes of at least 4 members (excludes halogenated alkanes) is 1. The van der Waals surface area contributed by atoms with E-state index in [1.807, 2.05) is 16.8 Å². The zero-order valence-corrected chi connectivity index (χ0v) is 17.1. The Bertz CT molecular complexity index is 859. The van der Waals surface area contributed by atoms with Gasteiger partial charge in [0.25, 0.3) is 0 Å². The number of halogens is 1. The molecule has 7 heteroatoms. The summed E-state index contributed by atoms with van der Waals surface area (Å²) in [5.74, 6) is 1.97. The Hall–Kier alpha value is -1.60. The zero-order chi connectivity index (χ0) is 18.1. The fraction of sp³-hybridized carbons (Fsp3) is 0.421. The van der Waals surface area contributed by atoms with Crippen LogP contribution in [-0.4, -0.2) is 26.3 Å². The predicted molar refractivity (Wildman–Crippen MR) is 107 cm³/mol. The maximum atomic E-state index is 12.7. The number of Topliss-reactive ketones (excluding diaryl/α,β-unsaturated/α-hetero) is 1. The van der Waals surface area contributed by atoms with Crippen molar-refractivity contribution < 1.29 is 4.79 Å². The van der Waals surface area contributed by atoms with Crippen LogP contribution in [0.2, 0.25) is 0 Å². The van der Waals surface area contributed by atoms with Gasteiger partial charge in [-0.25, -0.2) is 4.68 Å². The molecule has 1 aliphatic heterocycles. The molecule has 2 aromatic rings. The predicted octanol–water partition coefficient (Wildman–Crippen LogP) is 4.95. The van der Waals surface area contributed by atoms with Crippen molar-refractivity contribution in [2.45, 2.75) is 50.2 Å². The number of allylic oxidation sites excluding steroid dienone is 2. The van der Waals surface area contributed by atoms with Crippen LogP contribution in [0.3, 0.4) is 0 Å². The van der Waals surface area contributed by atoms with Crippen molar-refractivity contribution in [1.82, 2.24) is 14.8 Å². The maximum Gasteiger partial charge on any atom is 0.227 e. The van der Waals surface area contributed by atoms with Crippen LogP contribution >= 0.6 is 27.7 Å². The van der Waals surface area contributed by atoms with Crippen molar-refractivity contribution in [1.29, 1.82) is 0 Å². The number of ketones is 1. The van der Waals surface area contributed by atoms with Crippen LogP contribution in [0.25, 0.3) is 0 Å². The lowest BCUT2D eigenvalue weighted by Gasteiger charge is -2.32. The molecule has 5 nitrogen and oxygen atoms in total. The first-order valence-electron chi connectivity index (χ1n) is 9.05. The first-order valence-corrected chi connectivity index (χ1v) is 10.8. The van der Waals surface area contributed by atoms with Crippen LogP contribution < -0.4 is 5.32 Å². The number of hydrogen-bond donors (Lipinski definition) is 1. The van der Waals surface area contributed by atoms with Crippen LogP contribution in [0, 0.1) is 0 Å². The van der Waals surface area contributed by atoms with Gasteiger partial charge < -0.3 is 5.32 Å². The molecule has 2 heterocycles. The van der Waals surface area contributed by atoms with Crippen LogP contribution in [0.4, 0.5) is 5.95 Å². The summed E-state index contributed by atoms with van der Waals surface area (Å²) in [6, 6.07) is 7.94. The van der Waals surface area contributed by atoms with Gasteiger partial charge in [0.05, 0.1) is 0 Å². The van der Waals surface area contributed by atoms with E-state index in [0.717, 1.165) is 63.8 Å². The zero-order valence-electron chi connectivity index (χ0n) is 14.7. The van der Waals surface area contributed by atoms with Gasteiger partial charge in [-0.3, -0.25) is 4.79 Å². The standard InChI is InChI=1S/C19H21BrN4OS/c1-2-3-11-26-19-22-18-21-14-5-4-6-15(25)16(14)17(24(18)23-19)12-7-9-13(20)10-8-12/h7-10,17H,2-6,11H2,1H3,(H,21,22,23)/t17-/m0/s1. The maximum absolute atomic E-state index is 12.7. The molecule has 0 amide bonds. The molecule has 1 aromatic heterocycles. The van der Waals surface area contributed by atoms with Gasteiger partial charge in [0, 0.05) is 27.9 Å². The van der Waals surface area contributed by atoms with E-state index in [2.05, 4.69) is 45.3 Å². The molecule has 1 aromatic carbocycles. The number of fused-ring (bicyclic) bond motifs is 1.